The van der Waals surface area contributed by atoms with Crippen LogP contribution in [0.15, 0.2) is 73.8 Å². The summed E-state index contributed by atoms with van der Waals surface area (Å²) >= 11 is 8.39. The van der Waals surface area contributed by atoms with Crippen molar-refractivity contribution in [3.05, 3.63) is 84.4 Å². The van der Waals surface area contributed by atoms with Gasteiger partial charge in [-0.2, -0.15) is 0 Å². The number of carbonyl (C=O) groups excluding carboxylic acids is 3. The van der Waals surface area contributed by atoms with Crippen LogP contribution in [0.3, 0.4) is 0 Å². The third kappa shape index (κ3) is 5.85. The molecule has 2 bridgehead atoms. The Kier molecular flexibility index (Phi) is 10.2. The lowest BCUT2D eigenvalue weighted by Gasteiger charge is -2.38. The van der Waals surface area contributed by atoms with Gasteiger partial charge in [-0.1, -0.05) is 66.9 Å². The molecule has 45 heavy (non-hydrogen) atoms. The molecule has 9 heteroatoms. The van der Waals surface area contributed by atoms with E-state index in [4.69, 9.17) is 11.6 Å². The number of nitrogens with zero attached hydrogens (tertiary/aromatic N) is 3. The predicted octanol–water partition coefficient (Wildman–Crippen LogP) is 6.42. The number of likely N-dealkylation sites (tertiary alicyclic amines) is 1. The number of carbonyl (C=O) groups is 3. The number of anilines is 2. The van der Waals surface area contributed by atoms with Gasteiger partial charge in [0.1, 0.15) is 6.04 Å². The summed E-state index contributed by atoms with van der Waals surface area (Å²) in [6.45, 7) is 13.0. The van der Waals surface area contributed by atoms with E-state index in [2.05, 4.69) is 20.1 Å². The molecule has 3 aliphatic rings. The SMILES string of the molecule is C=CCN(C(=O)[C@H]1[C@H]2C(=O)N(CCCCCCO)C(C(=O)N(CC=C)c3c(C)cccc3Cl)C23CC[C@]1(C)S3)c1ccccc1. The summed E-state index contributed by atoms with van der Waals surface area (Å²) < 4.78 is -1.25. The molecule has 1 N–H and O–H groups in total. The Balaban J connectivity index is 1.58. The highest BCUT2D eigenvalue weighted by Crippen LogP contribution is 2.71. The second kappa shape index (κ2) is 13.7. The lowest BCUT2D eigenvalue weighted by Crippen LogP contribution is -2.55. The number of hydrogen-bond acceptors (Lipinski definition) is 5. The minimum atomic E-state index is -0.752. The van der Waals surface area contributed by atoms with Gasteiger partial charge in [-0.05, 0) is 63.3 Å². The first kappa shape index (κ1) is 33.3. The molecule has 0 saturated carbocycles. The van der Waals surface area contributed by atoms with Gasteiger partial charge in [0.25, 0.3) is 5.91 Å². The van der Waals surface area contributed by atoms with Crippen LogP contribution in [0.5, 0.6) is 0 Å². The van der Waals surface area contributed by atoms with Gasteiger partial charge in [0.05, 0.1) is 27.3 Å². The highest BCUT2D eigenvalue weighted by atomic mass is 35.5. The van der Waals surface area contributed by atoms with Gasteiger partial charge < -0.3 is 19.8 Å². The van der Waals surface area contributed by atoms with Gasteiger partial charge in [0.15, 0.2) is 0 Å². The average Bonchev–Trinajstić information content (AvgIpc) is 3.59. The summed E-state index contributed by atoms with van der Waals surface area (Å²) in [5.74, 6) is -1.63. The molecule has 240 valence electrons. The first-order valence-corrected chi connectivity index (χ1v) is 17.1. The van der Waals surface area contributed by atoms with E-state index in [1.54, 1.807) is 44.7 Å². The predicted molar refractivity (Wildman–Crippen MR) is 184 cm³/mol. The zero-order valence-electron chi connectivity index (χ0n) is 26.3. The largest absolute Gasteiger partial charge is 0.396 e. The Bertz CT molecular complexity index is 1430. The van der Waals surface area contributed by atoms with Crippen molar-refractivity contribution in [2.24, 2.45) is 11.8 Å². The molecule has 2 unspecified atom stereocenters. The van der Waals surface area contributed by atoms with Crippen molar-refractivity contribution >= 4 is 52.5 Å². The molecule has 3 aliphatic heterocycles. The van der Waals surface area contributed by atoms with E-state index < -0.39 is 27.4 Å². The van der Waals surface area contributed by atoms with Crippen molar-refractivity contribution in [1.29, 1.82) is 0 Å². The first-order valence-electron chi connectivity index (χ1n) is 15.9. The van der Waals surface area contributed by atoms with E-state index in [0.29, 0.717) is 43.1 Å². The van der Waals surface area contributed by atoms with Crippen LogP contribution in [0.4, 0.5) is 11.4 Å². The molecule has 0 aromatic heterocycles. The second-order valence-electron chi connectivity index (χ2n) is 12.6. The summed E-state index contributed by atoms with van der Waals surface area (Å²) in [5, 5.41) is 9.73. The highest BCUT2D eigenvalue weighted by Gasteiger charge is 2.77. The molecule has 5 atom stereocenters. The van der Waals surface area contributed by atoms with E-state index >= 15 is 0 Å². The summed E-state index contributed by atoms with van der Waals surface area (Å²) in [4.78, 5) is 49.5. The first-order chi connectivity index (χ1) is 21.6. The van der Waals surface area contributed by atoms with Crippen LogP contribution in [-0.2, 0) is 14.4 Å². The van der Waals surface area contributed by atoms with Gasteiger partial charge in [-0.25, -0.2) is 0 Å². The summed E-state index contributed by atoms with van der Waals surface area (Å²) in [6.07, 6.45) is 7.88. The molecule has 2 aromatic rings. The van der Waals surface area contributed by atoms with Gasteiger partial charge in [-0.3, -0.25) is 14.4 Å². The third-order valence-corrected chi connectivity index (χ3v) is 12.1. The van der Waals surface area contributed by atoms with Crippen molar-refractivity contribution in [3.8, 4) is 0 Å². The molecule has 5 rings (SSSR count). The van der Waals surface area contributed by atoms with Crippen LogP contribution in [0, 0.1) is 18.8 Å². The molecule has 3 saturated heterocycles. The Morgan fingerprint density at radius 3 is 2.36 bits per heavy atom. The Labute approximate surface area is 276 Å². The highest BCUT2D eigenvalue weighted by molar-refractivity contribution is 8.02. The van der Waals surface area contributed by atoms with Gasteiger partial charge >= 0.3 is 0 Å². The lowest BCUT2D eigenvalue weighted by atomic mass is 9.66. The number of hydrogen-bond donors (Lipinski definition) is 1. The lowest BCUT2D eigenvalue weighted by molar-refractivity contribution is -0.139. The van der Waals surface area contributed by atoms with E-state index in [1.807, 2.05) is 49.4 Å². The molecular weight excluding hydrogens is 606 g/mol. The monoisotopic (exact) mass is 649 g/mol. The molecule has 0 aliphatic carbocycles. The van der Waals surface area contributed by atoms with Gasteiger partial charge in [0, 0.05) is 36.7 Å². The zero-order valence-corrected chi connectivity index (χ0v) is 27.9. The fourth-order valence-electron chi connectivity index (χ4n) is 7.83. The van der Waals surface area contributed by atoms with E-state index in [9.17, 15) is 19.5 Å². The van der Waals surface area contributed by atoms with Crippen molar-refractivity contribution < 1.29 is 19.5 Å². The van der Waals surface area contributed by atoms with Crippen LogP contribution in [0.25, 0.3) is 0 Å². The smallest absolute Gasteiger partial charge is 0.251 e. The quantitative estimate of drug-likeness (QED) is 0.189. The number of halogens is 1. The number of amides is 3. The molecule has 0 radical (unpaired) electrons. The molecule has 3 amide bonds. The maximum Gasteiger partial charge on any atom is 0.251 e. The van der Waals surface area contributed by atoms with Crippen molar-refractivity contribution in [2.45, 2.75) is 67.9 Å². The van der Waals surface area contributed by atoms with Crippen LogP contribution in [0.1, 0.15) is 51.0 Å². The average molecular weight is 650 g/mol. The van der Waals surface area contributed by atoms with Crippen molar-refractivity contribution in [2.75, 3.05) is 36.0 Å². The fraction of sp³-hybridized carbons (Fsp3) is 0.472. The minimum absolute atomic E-state index is 0.100. The standard InChI is InChI=1S/C36H44ClN3O4S/c1-5-21-38(26-16-10-9-11-17-26)32(42)28-29-33(43)40(23-12-7-8-13-24-41)31(36(29)20-19-35(28,4)45-36)34(44)39(22-6-2)30-25(3)15-14-18-27(30)37/h5-6,9-11,14-18,28-29,31,41H,1-2,7-8,12-13,19-24H2,3-4H3/t28-,29+,31?,35+,36?/m1/s1. The number of aliphatic hydroxyl groups is 1. The number of fused-ring (bicyclic) bond motifs is 1. The second-order valence-corrected chi connectivity index (χ2v) is 14.9. The van der Waals surface area contributed by atoms with Crippen LogP contribution in [-0.4, -0.2) is 69.5 Å². The molecule has 7 nitrogen and oxygen atoms in total. The number of benzene rings is 2. The number of thioether (sulfide) groups is 1. The van der Waals surface area contributed by atoms with E-state index in [-0.39, 0.29) is 30.9 Å². The van der Waals surface area contributed by atoms with Gasteiger partial charge in [0.2, 0.25) is 11.8 Å². The summed E-state index contributed by atoms with van der Waals surface area (Å²) in [6, 6.07) is 14.3. The fourth-order valence-corrected chi connectivity index (χ4v) is 10.5. The van der Waals surface area contributed by atoms with Crippen LogP contribution in [0.2, 0.25) is 5.02 Å². The number of aryl methyl sites for hydroxylation is 1. The number of aliphatic hydroxyl groups excluding tert-OH is 1. The summed E-state index contributed by atoms with van der Waals surface area (Å²) in [5.41, 5.74) is 2.24. The molecule has 2 aromatic carbocycles. The van der Waals surface area contributed by atoms with Gasteiger partial charge in [-0.15, -0.1) is 24.9 Å². The molecule has 3 fully saturated rings. The normalized spacial score (nSPS) is 26.5. The van der Waals surface area contributed by atoms with E-state index in [0.717, 1.165) is 30.5 Å². The number of unbranched alkanes of at least 4 members (excludes halogenated alkanes) is 3. The summed E-state index contributed by atoms with van der Waals surface area (Å²) in [7, 11) is 0. The third-order valence-electron chi connectivity index (χ3n) is 9.77. The minimum Gasteiger partial charge on any atom is -0.396 e. The molecule has 1 spiro atoms. The van der Waals surface area contributed by atoms with Crippen molar-refractivity contribution in [3.63, 3.8) is 0 Å². The van der Waals surface area contributed by atoms with Crippen molar-refractivity contribution in [1.82, 2.24) is 4.90 Å². The molecule has 3 heterocycles. The Morgan fingerprint density at radius 2 is 1.69 bits per heavy atom. The van der Waals surface area contributed by atoms with Crippen LogP contribution < -0.4 is 9.80 Å². The zero-order chi connectivity index (χ0) is 32.4. The maximum atomic E-state index is 15.0. The van der Waals surface area contributed by atoms with Crippen LogP contribution >= 0.6 is 23.4 Å². The number of para-hydroxylation sites is 2. The Hall–Kier alpha value is -3.07. The maximum absolute atomic E-state index is 15.0. The number of rotatable bonds is 14. The molecular formula is C36H44ClN3O4S. The van der Waals surface area contributed by atoms with E-state index in [1.165, 1.54) is 0 Å². The Morgan fingerprint density at radius 1 is 1.00 bits per heavy atom. The topological polar surface area (TPSA) is 81.2 Å².